The van der Waals surface area contributed by atoms with E-state index in [0.717, 1.165) is 6.42 Å². The van der Waals surface area contributed by atoms with Crippen molar-refractivity contribution in [2.75, 3.05) is 13.6 Å². The van der Waals surface area contributed by atoms with Crippen molar-refractivity contribution >= 4 is 18.3 Å². The number of para-hydroxylation sites is 1. The summed E-state index contributed by atoms with van der Waals surface area (Å²) in [5.41, 5.74) is 6.01. The molecule has 2 aromatic rings. The number of carbonyl (C=O) groups excluding carboxylic acids is 1. The smallest absolute Gasteiger partial charge is 0.290 e. The highest BCUT2D eigenvalue weighted by atomic mass is 35.5. The van der Waals surface area contributed by atoms with Crippen LogP contribution in [0.15, 0.2) is 46.9 Å². The van der Waals surface area contributed by atoms with Gasteiger partial charge in [-0.1, -0.05) is 32.0 Å². The number of carbonyl (C=O) groups is 1. The summed E-state index contributed by atoms with van der Waals surface area (Å²) in [6, 6.07) is 12.6. The molecule has 6 heteroatoms. The van der Waals surface area contributed by atoms with E-state index in [-0.39, 0.29) is 30.1 Å². The minimum absolute atomic E-state index is 0. The zero-order valence-corrected chi connectivity index (χ0v) is 15.1. The molecule has 1 atom stereocenters. The lowest BCUT2D eigenvalue weighted by Crippen LogP contribution is -2.34. The topological polar surface area (TPSA) is 68.7 Å². The van der Waals surface area contributed by atoms with Crippen molar-refractivity contribution < 1.29 is 13.9 Å². The Labute approximate surface area is 149 Å². The van der Waals surface area contributed by atoms with Gasteiger partial charge in [0.15, 0.2) is 5.76 Å². The lowest BCUT2D eigenvalue weighted by molar-refractivity contribution is 0.0752. The van der Waals surface area contributed by atoms with E-state index in [1.54, 1.807) is 24.1 Å². The Morgan fingerprint density at radius 2 is 1.88 bits per heavy atom. The van der Waals surface area contributed by atoms with Gasteiger partial charge >= 0.3 is 0 Å². The Balaban J connectivity index is 0.00000288. The number of amides is 1. The third kappa shape index (κ3) is 5.58. The molecule has 0 aliphatic carbocycles. The number of rotatable bonds is 7. The fourth-order valence-electron chi connectivity index (χ4n) is 2.06. The van der Waals surface area contributed by atoms with E-state index in [2.05, 4.69) is 13.8 Å². The number of nitrogens with zero attached hydrogens (tertiary/aromatic N) is 1. The van der Waals surface area contributed by atoms with Crippen molar-refractivity contribution in [3.8, 4) is 11.7 Å². The summed E-state index contributed by atoms with van der Waals surface area (Å²) in [7, 11) is 1.75. The molecule has 0 spiro atoms. The molecule has 0 aliphatic rings. The van der Waals surface area contributed by atoms with Gasteiger partial charge in [-0.25, -0.2) is 0 Å². The van der Waals surface area contributed by atoms with Crippen molar-refractivity contribution in [1.29, 1.82) is 0 Å². The highest BCUT2D eigenvalue weighted by Gasteiger charge is 2.18. The second-order valence-electron chi connectivity index (χ2n) is 5.96. The molecule has 0 fully saturated rings. The van der Waals surface area contributed by atoms with Crippen LogP contribution in [0.2, 0.25) is 0 Å². The summed E-state index contributed by atoms with van der Waals surface area (Å²) in [5.74, 6) is 1.44. The normalized spacial score (nSPS) is 11.7. The van der Waals surface area contributed by atoms with E-state index in [1.165, 1.54) is 0 Å². The molecule has 1 aromatic carbocycles. The average molecular weight is 353 g/mol. The predicted molar refractivity (Wildman–Crippen MR) is 96.9 cm³/mol. The van der Waals surface area contributed by atoms with E-state index in [1.807, 2.05) is 30.3 Å². The van der Waals surface area contributed by atoms with Crippen LogP contribution in [0.4, 0.5) is 0 Å². The summed E-state index contributed by atoms with van der Waals surface area (Å²) in [5, 5.41) is 0. The maximum atomic E-state index is 12.3. The molecule has 0 saturated heterocycles. The third-order valence-corrected chi connectivity index (χ3v) is 3.75. The summed E-state index contributed by atoms with van der Waals surface area (Å²) < 4.78 is 11.0. The van der Waals surface area contributed by atoms with Crippen LogP contribution in [0.25, 0.3) is 0 Å². The van der Waals surface area contributed by atoms with Crippen LogP contribution in [0.5, 0.6) is 11.7 Å². The van der Waals surface area contributed by atoms with Crippen LogP contribution < -0.4 is 10.5 Å². The largest absolute Gasteiger partial charge is 0.426 e. The molecule has 2 N–H and O–H groups in total. The first-order valence-electron chi connectivity index (χ1n) is 7.81. The van der Waals surface area contributed by atoms with Crippen molar-refractivity contribution in [3.05, 3.63) is 48.2 Å². The average Bonchev–Trinajstić information content (AvgIpc) is 3.00. The molecule has 0 aliphatic heterocycles. The van der Waals surface area contributed by atoms with Gasteiger partial charge in [0.05, 0.1) is 0 Å². The zero-order valence-electron chi connectivity index (χ0n) is 14.3. The van der Waals surface area contributed by atoms with Gasteiger partial charge < -0.3 is 19.8 Å². The molecular weight excluding hydrogens is 328 g/mol. The van der Waals surface area contributed by atoms with Crippen molar-refractivity contribution in [2.45, 2.75) is 26.3 Å². The lowest BCUT2D eigenvalue weighted by Gasteiger charge is -2.20. The van der Waals surface area contributed by atoms with Gasteiger partial charge in [-0.3, -0.25) is 4.79 Å². The SMILES string of the molecule is CC(C)C(N)CCN(C)C(=O)c1ccc(Oc2ccccc2)o1.Cl. The Morgan fingerprint density at radius 3 is 2.50 bits per heavy atom. The van der Waals surface area contributed by atoms with Crippen LogP contribution in [-0.2, 0) is 0 Å². The molecule has 1 unspecified atom stereocenters. The van der Waals surface area contributed by atoms with Crippen molar-refractivity contribution in [3.63, 3.8) is 0 Å². The van der Waals surface area contributed by atoms with Gasteiger partial charge in [0.1, 0.15) is 5.75 Å². The van der Waals surface area contributed by atoms with E-state index in [9.17, 15) is 4.79 Å². The van der Waals surface area contributed by atoms with Crippen molar-refractivity contribution in [2.24, 2.45) is 11.7 Å². The van der Waals surface area contributed by atoms with Crippen LogP contribution in [0.1, 0.15) is 30.8 Å². The van der Waals surface area contributed by atoms with Gasteiger partial charge in [-0.2, -0.15) is 0 Å². The number of halogens is 1. The molecule has 1 amide bonds. The van der Waals surface area contributed by atoms with E-state index in [4.69, 9.17) is 14.9 Å². The second kappa shape index (κ2) is 9.35. The molecule has 2 rings (SSSR count). The fourth-order valence-corrected chi connectivity index (χ4v) is 2.06. The maximum absolute atomic E-state index is 12.3. The van der Waals surface area contributed by atoms with Gasteiger partial charge in [0.25, 0.3) is 11.9 Å². The maximum Gasteiger partial charge on any atom is 0.290 e. The standard InChI is InChI=1S/C18H24N2O3.ClH/c1-13(2)15(19)11-12-20(3)18(21)16-9-10-17(23-16)22-14-7-5-4-6-8-14;/h4-10,13,15H,11-12,19H2,1-3H3;1H. The first-order valence-corrected chi connectivity index (χ1v) is 7.81. The molecule has 0 bridgehead atoms. The van der Waals surface area contributed by atoms with E-state index < -0.39 is 0 Å². The molecule has 0 radical (unpaired) electrons. The summed E-state index contributed by atoms with van der Waals surface area (Å²) in [6.45, 7) is 4.74. The number of hydrogen-bond donors (Lipinski definition) is 1. The minimum atomic E-state index is -0.177. The first-order chi connectivity index (χ1) is 11.0. The Morgan fingerprint density at radius 1 is 1.21 bits per heavy atom. The molecule has 1 heterocycles. The summed E-state index contributed by atoms with van der Waals surface area (Å²) >= 11 is 0. The number of furan rings is 1. The molecule has 24 heavy (non-hydrogen) atoms. The fraction of sp³-hybridized carbons (Fsp3) is 0.389. The Bertz CT molecular complexity index is 628. The Hall–Kier alpha value is -1.98. The van der Waals surface area contributed by atoms with Crippen LogP contribution in [0, 0.1) is 5.92 Å². The summed E-state index contributed by atoms with van der Waals surface area (Å²) in [4.78, 5) is 13.9. The molecule has 0 saturated carbocycles. The number of ether oxygens (including phenoxy) is 1. The molecule has 5 nitrogen and oxygen atoms in total. The lowest BCUT2D eigenvalue weighted by atomic mass is 10.0. The number of benzene rings is 1. The van der Waals surface area contributed by atoms with Gasteiger partial charge in [0.2, 0.25) is 0 Å². The van der Waals surface area contributed by atoms with Gasteiger partial charge in [0, 0.05) is 25.7 Å². The first kappa shape index (κ1) is 20.1. The molecule has 132 valence electrons. The van der Waals surface area contributed by atoms with E-state index >= 15 is 0 Å². The van der Waals surface area contributed by atoms with Gasteiger partial charge in [-0.05, 0) is 30.5 Å². The Kier molecular flexibility index (Phi) is 7.82. The predicted octanol–water partition coefficient (Wildman–Crippen LogP) is 3.94. The zero-order chi connectivity index (χ0) is 16.8. The minimum Gasteiger partial charge on any atom is -0.426 e. The second-order valence-corrected chi connectivity index (χ2v) is 5.96. The van der Waals surface area contributed by atoms with Crippen LogP contribution in [-0.4, -0.2) is 30.4 Å². The van der Waals surface area contributed by atoms with Crippen LogP contribution in [0.3, 0.4) is 0 Å². The highest BCUT2D eigenvalue weighted by Crippen LogP contribution is 2.24. The third-order valence-electron chi connectivity index (χ3n) is 3.75. The monoisotopic (exact) mass is 352 g/mol. The van der Waals surface area contributed by atoms with Crippen molar-refractivity contribution in [1.82, 2.24) is 4.90 Å². The van der Waals surface area contributed by atoms with Crippen LogP contribution >= 0.6 is 12.4 Å². The van der Waals surface area contributed by atoms with E-state index in [0.29, 0.717) is 24.2 Å². The molecule has 1 aromatic heterocycles. The summed E-state index contributed by atoms with van der Waals surface area (Å²) in [6.07, 6.45) is 0.758. The number of nitrogens with two attached hydrogens (primary N) is 1. The quantitative estimate of drug-likeness (QED) is 0.819. The number of hydrogen-bond acceptors (Lipinski definition) is 4. The highest BCUT2D eigenvalue weighted by molar-refractivity contribution is 5.91. The van der Waals surface area contributed by atoms with Gasteiger partial charge in [-0.15, -0.1) is 12.4 Å². The molecular formula is C18H25ClN2O3.